The van der Waals surface area contributed by atoms with Crippen LogP contribution in [0, 0.1) is 0 Å². The number of hydrogen-bond acceptors (Lipinski definition) is 7. The highest BCUT2D eigenvalue weighted by Crippen LogP contribution is 2.03. The molecule has 19 heavy (non-hydrogen) atoms. The van der Waals surface area contributed by atoms with Crippen molar-refractivity contribution in [1.82, 2.24) is 19.7 Å². The maximum absolute atomic E-state index is 11.3. The van der Waals surface area contributed by atoms with Crippen molar-refractivity contribution in [3.8, 4) is 0 Å². The number of nitrogens with one attached hydrogen (secondary N) is 1. The Hall–Kier alpha value is -2.64. The number of carbonyl (C=O) groups is 1. The summed E-state index contributed by atoms with van der Waals surface area (Å²) in [5, 5.41) is 7.09. The molecule has 2 heterocycles. The summed E-state index contributed by atoms with van der Waals surface area (Å²) in [5.74, 6) is -0.0148. The summed E-state index contributed by atoms with van der Waals surface area (Å²) in [6, 6.07) is 0. The normalized spacial score (nSPS) is 10.2. The van der Waals surface area contributed by atoms with Crippen LogP contribution in [-0.2, 0) is 11.3 Å². The van der Waals surface area contributed by atoms with Crippen molar-refractivity contribution in [3.63, 3.8) is 0 Å². The molecule has 0 spiro atoms. The fraction of sp³-hybridized carbons (Fsp3) is 0.273. The molecule has 2 aromatic rings. The molecule has 0 aliphatic rings. The van der Waals surface area contributed by atoms with E-state index in [1.165, 1.54) is 19.5 Å². The standard InChI is InChI=1S/C11H14N6O2/c1-19-11(18)9-5-13-6-10(16-9)14-2-3-17-7-8(12)4-15-17/h4-7H,2-3,12H2,1H3,(H,14,16). The van der Waals surface area contributed by atoms with Gasteiger partial charge in [0, 0.05) is 12.7 Å². The van der Waals surface area contributed by atoms with Crippen LogP contribution < -0.4 is 11.1 Å². The summed E-state index contributed by atoms with van der Waals surface area (Å²) in [4.78, 5) is 19.3. The van der Waals surface area contributed by atoms with Gasteiger partial charge in [0.2, 0.25) is 0 Å². The molecule has 0 saturated carbocycles. The number of aromatic nitrogens is 4. The first-order valence-corrected chi connectivity index (χ1v) is 5.61. The molecule has 2 aromatic heterocycles. The van der Waals surface area contributed by atoms with E-state index in [1.54, 1.807) is 17.1 Å². The Balaban J connectivity index is 1.90. The van der Waals surface area contributed by atoms with Crippen LogP contribution in [0.2, 0.25) is 0 Å². The smallest absolute Gasteiger partial charge is 0.358 e. The zero-order valence-corrected chi connectivity index (χ0v) is 10.4. The third-order valence-corrected chi connectivity index (χ3v) is 2.33. The van der Waals surface area contributed by atoms with Gasteiger partial charge in [0.1, 0.15) is 5.82 Å². The minimum atomic E-state index is -0.518. The largest absolute Gasteiger partial charge is 0.464 e. The van der Waals surface area contributed by atoms with E-state index in [-0.39, 0.29) is 5.69 Å². The number of anilines is 2. The first-order chi connectivity index (χ1) is 9.19. The van der Waals surface area contributed by atoms with Crippen LogP contribution in [0.5, 0.6) is 0 Å². The van der Waals surface area contributed by atoms with Gasteiger partial charge in [-0.15, -0.1) is 0 Å². The van der Waals surface area contributed by atoms with Gasteiger partial charge in [-0.3, -0.25) is 9.67 Å². The number of esters is 1. The number of nitrogens with zero attached hydrogens (tertiary/aromatic N) is 4. The van der Waals surface area contributed by atoms with Crippen LogP contribution in [0.3, 0.4) is 0 Å². The van der Waals surface area contributed by atoms with E-state index < -0.39 is 5.97 Å². The Morgan fingerprint density at radius 2 is 2.32 bits per heavy atom. The molecule has 0 aliphatic heterocycles. The number of nitrogens with two attached hydrogens (primary N) is 1. The van der Waals surface area contributed by atoms with Gasteiger partial charge in [-0.2, -0.15) is 5.10 Å². The van der Waals surface area contributed by atoms with Crippen LogP contribution in [0.15, 0.2) is 24.8 Å². The molecule has 0 amide bonds. The fourth-order valence-corrected chi connectivity index (χ4v) is 1.45. The minimum Gasteiger partial charge on any atom is -0.464 e. The molecule has 2 rings (SSSR count). The van der Waals surface area contributed by atoms with Crippen LogP contribution in [0.25, 0.3) is 0 Å². The van der Waals surface area contributed by atoms with Crippen LogP contribution in [0.1, 0.15) is 10.5 Å². The topological polar surface area (TPSA) is 108 Å². The van der Waals surface area contributed by atoms with Crippen molar-refractivity contribution in [1.29, 1.82) is 0 Å². The van der Waals surface area contributed by atoms with Gasteiger partial charge in [0.15, 0.2) is 5.69 Å². The van der Waals surface area contributed by atoms with Gasteiger partial charge in [0.25, 0.3) is 0 Å². The lowest BCUT2D eigenvalue weighted by Gasteiger charge is -2.06. The van der Waals surface area contributed by atoms with E-state index in [2.05, 4.69) is 25.1 Å². The Kier molecular flexibility index (Phi) is 3.91. The van der Waals surface area contributed by atoms with Crippen molar-refractivity contribution < 1.29 is 9.53 Å². The van der Waals surface area contributed by atoms with Gasteiger partial charge >= 0.3 is 5.97 Å². The lowest BCUT2D eigenvalue weighted by molar-refractivity contribution is 0.0593. The lowest BCUT2D eigenvalue weighted by atomic mass is 10.4. The van der Waals surface area contributed by atoms with Crippen molar-refractivity contribution in [2.24, 2.45) is 0 Å². The number of methoxy groups -OCH3 is 1. The van der Waals surface area contributed by atoms with Crippen molar-refractivity contribution >= 4 is 17.5 Å². The second-order valence-corrected chi connectivity index (χ2v) is 3.74. The molecule has 8 heteroatoms. The van der Waals surface area contributed by atoms with Crippen LogP contribution in [0.4, 0.5) is 11.5 Å². The maximum Gasteiger partial charge on any atom is 0.358 e. The molecule has 100 valence electrons. The van der Waals surface area contributed by atoms with Crippen molar-refractivity contribution in [2.75, 3.05) is 24.7 Å². The summed E-state index contributed by atoms with van der Waals surface area (Å²) >= 11 is 0. The highest BCUT2D eigenvalue weighted by atomic mass is 16.5. The number of carbonyl (C=O) groups excluding carboxylic acids is 1. The zero-order chi connectivity index (χ0) is 13.7. The van der Waals surface area contributed by atoms with E-state index in [0.717, 1.165) is 0 Å². The molecule has 0 bridgehead atoms. The molecule has 3 N–H and O–H groups in total. The summed E-state index contributed by atoms with van der Waals surface area (Å²) in [7, 11) is 1.30. The predicted octanol–water partition coefficient (Wildman–Crippen LogP) is 0.154. The van der Waals surface area contributed by atoms with Gasteiger partial charge in [0.05, 0.1) is 37.9 Å². The molecular formula is C11H14N6O2. The van der Waals surface area contributed by atoms with Crippen LogP contribution in [-0.4, -0.2) is 39.4 Å². The Morgan fingerprint density at radius 1 is 1.47 bits per heavy atom. The van der Waals surface area contributed by atoms with E-state index in [1.807, 2.05) is 0 Å². The molecule has 0 radical (unpaired) electrons. The third-order valence-electron chi connectivity index (χ3n) is 2.33. The molecule has 0 atom stereocenters. The monoisotopic (exact) mass is 262 g/mol. The van der Waals surface area contributed by atoms with Gasteiger partial charge in [-0.05, 0) is 0 Å². The SMILES string of the molecule is COC(=O)c1cncc(NCCn2cc(N)cn2)n1. The molecule has 0 unspecified atom stereocenters. The second-order valence-electron chi connectivity index (χ2n) is 3.74. The summed E-state index contributed by atoms with van der Waals surface area (Å²) in [6.45, 7) is 1.21. The molecular weight excluding hydrogens is 248 g/mol. The number of rotatable bonds is 5. The predicted molar refractivity (Wildman–Crippen MR) is 68.5 cm³/mol. The Labute approximate surface area is 109 Å². The van der Waals surface area contributed by atoms with E-state index in [0.29, 0.717) is 24.6 Å². The number of ether oxygens (including phenoxy) is 1. The van der Waals surface area contributed by atoms with E-state index >= 15 is 0 Å². The molecule has 0 aromatic carbocycles. The number of nitrogen functional groups attached to an aromatic ring is 1. The molecule has 8 nitrogen and oxygen atoms in total. The Bertz CT molecular complexity index is 568. The molecule has 0 aliphatic carbocycles. The van der Waals surface area contributed by atoms with Gasteiger partial charge in [-0.25, -0.2) is 9.78 Å². The summed E-state index contributed by atoms with van der Waals surface area (Å²) in [6.07, 6.45) is 6.20. The van der Waals surface area contributed by atoms with Crippen molar-refractivity contribution in [3.05, 3.63) is 30.5 Å². The Morgan fingerprint density at radius 3 is 3.00 bits per heavy atom. The van der Waals surface area contributed by atoms with Gasteiger partial charge < -0.3 is 15.8 Å². The maximum atomic E-state index is 11.3. The highest BCUT2D eigenvalue weighted by molar-refractivity contribution is 5.87. The third kappa shape index (κ3) is 3.41. The first kappa shape index (κ1) is 12.8. The van der Waals surface area contributed by atoms with E-state index in [9.17, 15) is 4.79 Å². The zero-order valence-electron chi connectivity index (χ0n) is 10.4. The highest BCUT2D eigenvalue weighted by Gasteiger charge is 2.08. The van der Waals surface area contributed by atoms with Gasteiger partial charge in [-0.1, -0.05) is 0 Å². The quantitative estimate of drug-likeness (QED) is 0.738. The molecule has 0 fully saturated rings. The average Bonchev–Trinajstić information content (AvgIpc) is 2.84. The summed E-state index contributed by atoms with van der Waals surface area (Å²) in [5.41, 5.74) is 6.33. The first-order valence-electron chi connectivity index (χ1n) is 5.61. The fourth-order valence-electron chi connectivity index (χ4n) is 1.45. The summed E-state index contributed by atoms with van der Waals surface area (Å²) < 4.78 is 6.28. The average molecular weight is 262 g/mol. The van der Waals surface area contributed by atoms with Crippen LogP contribution >= 0.6 is 0 Å². The lowest BCUT2D eigenvalue weighted by Crippen LogP contribution is -2.13. The number of hydrogen-bond donors (Lipinski definition) is 2. The van der Waals surface area contributed by atoms with Crippen molar-refractivity contribution in [2.45, 2.75) is 6.54 Å². The second kappa shape index (κ2) is 5.80. The minimum absolute atomic E-state index is 0.163. The van der Waals surface area contributed by atoms with E-state index in [4.69, 9.17) is 5.73 Å². The molecule has 0 saturated heterocycles.